The van der Waals surface area contributed by atoms with Crippen molar-refractivity contribution in [2.75, 3.05) is 24.6 Å². The molecule has 0 aliphatic rings. The van der Waals surface area contributed by atoms with Crippen molar-refractivity contribution >= 4 is 16.9 Å². The molecule has 2 rings (SSSR count). The van der Waals surface area contributed by atoms with Gasteiger partial charge < -0.3 is 14.6 Å². The van der Waals surface area contributed by atoms with Gasteiger partial charge >= 0.3 is 0 Å². The highest BCUT2D eigenvalue weighted by atomic mass is 16.3. The fraction of sp³-hybridized carbons (Fsp3) is 0.333. The number of hydrogen-bond donors (Lipinski definition) is 1. The molecule has 2 aromatic heterocycles. The number of imidazole rings is 1. The maximum atomic E-state index is 9.07. The van der Waals surface area contributed by atoms with Gasteiger partial charge in [0.15, 0.2) is 5.82 Å². The molecule has 0 bridgehead atoms. The molecule has 0 spiro atoms. The highest BCUT2D eigenvalue weighted by molar-refractivity contribution is 5.86. The number of fused-ring (bicyclic) bond motifs is 1. The normalized spacial score (nSPS) is 10.7. The Hall–Kier alpha value is -1.88. The van der Waals surface area contributed by atoms with Crippen molar-refractivity contribution in [2.45, 2.75) is 0 Å². The molecule has 0 amide bonds. The number of rotatable bonds is 5. The lowest BCUT2D eigenvalue weighted by Gasteiger charge is -2.21. The topological polar surface area (TPSA) is 54.2 Å². The van der Waals surface area contributed by atoms with E-state index in [1.807, 2.05) is 22.6 Å². The van der Waals surface area contributed by atoms with Crippen molar-refractivity contribution in [3.63, 3.8) is 0 Å². The minimum absolute atomic E-state index is 0.0821. The van der Waals surface area contributed by atoms with E-state index in [2.05, 4.69) is 16.5 Å². The van der Waals surface area contributed by atoms with Crippen molar-refractivity contribution < 1.29 is 5.11 Å². The molecule has 0 aliphatic heterocycles. The third-order valence-electron chi connectivity index (χ3n) is 2.64. The molecule has 0 aromatic carbocycles. The first-order valence-electron chi connectivity index (χ1n) is 5.50. The molecule has 17 heavy (non-hydrogen) atoms. The van der Waals surface area contributed by atoms with Crippen LogP contribution in [0.15, 0.2) is 31.2 Å². The first-order valence-corrected chi connectivity index (χ1v) is 5.50. The molecule has 90 valence electrons. The van der Waals surface area contributed by atoms with Crippen molar-refractivity contribution in [1.82, 2.24) is 14.5 Å². The Morgan fingerprint density at radius 2 is 2.35 bits per heavy atom. The molecule has 0 unspecified atom stereocenters. The smallest absolute Gasteiger partial charge is 0.157 e. The van der Waals surface area contributed by atoms with Crippen LogP contribution in [0.5, 0.6) is 0 Å². The second kappa shape index (κ2) is 4.97. The maximum absolute atomic E-state index is 9.07. The van der Waals surface area contributed by atoms with Gasteiger partial charge in [-0.15, -0.1) is 6.58 Å². The molecule has 1 N–H and O–H groups in total. The summed E-state index contributed by atoms with van der Waals surface area (Å²) in [6.45, 7) is 4.96. The molecule has 0 saturated carbocycles. The Morgan fingerprint density at radius 3 is 3.06 bits per heavy atom. The first kappa shape index (κ1) is 11.6. The fourth-order valence-electron chi connectivity index (χ4n) is 1.84. The molecule has 0 fully saturated rings. The van der Waals surface area contributed by atoms with Crippen molar-refractivity contribution in [3.05, 3.63) is 31.2 Å². The Morgan fingerprint density at radius 1 is 1.53 bits per heavy atom. The Labute approximate surface area is 100 Å². The van der Waals surface area contributed by atoms with E-state index in [4.69, 9.17) is 5.11 Å². The standard InChI is InChI=1S/C12H16N4O/c1-3-6-16(7-8-17)12-11-10(4-5-13-12)15(2)9-14-11/h3-5,9,17H,1,6-8H2,2H3. The van der Waals surface area contributed by atoms with Crippen LogP contribution in [0.4, 0.5) is 5.82 Å². The number of aliphatic hydroxyl groups is 1. The van der Waals surface area contributed by atoms with E-state index in [-0.39, 0.29) is 6.61 Å². The SMILES string of the molecule is C=CCN(CCO)c1nccc2c1ncn2C. The lowest BCUT2D eigenvalue weighted by atomic mass is 10.3. The third-order valence-corrected chi connectivity index (χ3v) is 2.64. The van der Waals surface area contributed by atoms with Crippen molar-refractivity contribution in [1.29, 1.82) is 0 Å². The van der Waals surface area contributed by atoms with Crippen LogP contribution in [0, 0.1) is 0 Å². The second-order valence-electron chi connectivity index (χ2n) is 3.82. The van der Waals surface area contributed by atoms with E-state index >= 15 is 0 Å². The summed E-state index contributed by atoms with van der Waals surface area (Å²) in [6.07, 6.45) is 5.31. The molecule has 2 aromatic rings. The predicted molar refractivity (Wildman–Crippen MR) is 68.0 cm³/mol. The van der Waals surface area contributed by atoms with Crippen molar-refractivity contribution in [2.24, 2.45) is 7.05 Å². The number of anilines is 1. The lowest BCUT2D eigenvalue weighted by molar-refractivity contribution is 0.303. The summed E-state index contributed by atoms with van der Waals surface area (Å²) in [6, 6.07) is 1.93. The number of aliphatic hydroxyl groups excluding tert-OH is 1. The summed E-state index contributed by atoms with van der Waals surface area (Å²) >= 11 is 0. The van der Waals surface area contributed by atoms with Gasteiger partial charge in [-0.25, -0.2) is 9.97 Å². The average Bonchev–Trinajstić information content (AvgIpc) is 2.71. The molecule has 0 saturated heterocycles. The van der Waals surface area contributed by atoms with Gasteiger partial charge in [-0.05, 0) is 6.07 Å². The number of aryl methyl sites for hydroxylation is 1. The van der Waals surface area contributed by atoms with E-state index in [1.54, 1.807) is 18.6 Å². The second-order valence-corrected chi connectivity index (χ2v) is 3.82. The highest BCUT2D eigenvalue weighted by Crippen LogP contribution is 2.22. The zero-order valence-corrected chi connectivity index (χ0v) is 9.87. The van der Waals surface area contributed by atoms with Gasteiger partial charge in [0.2, 0.25) is 0 Å². The lowest BCUT2D eigenvalue weighted by Crippen LogP contribution is -2.27. The van der Waals surface area contributed by atoms with E-state index in [1.165, 1.54) is 0 Å². The predicted octanol–water partition coefficient (Wildman–Crippen LogP) is 0.953. The summed E-state index contributed by atoms with van der Waals surface area (Å²) in [5.41, 5.74) is 1.88. The number of pyridine rings is 1. The molecular formula is C12H16N4O. The van der Waals surface area contributed by atoms with E-state index in [0.717, 1.165) is 16.9 Å². The molecule has 0 atom stereocenters. The summed E-state index contributed by atoms with van der Waals surface area (Å²) in [4.78, 5) is 10.7. The van der Waals surface area contributed by atoms with E-state index in [0.29, 0.717) is 13.1 Å². The Balaban J connectivity index is 2.48. The summed E-state index contributed by atoms with van der Waals surface area (Å²) in [5.74, 6) is 0.789. The van der Waals surface area contributed by atoms with Gasteiger partial charge in [-0.3, -0.25) is 0 Å². The molecular weight excluding hydrogens is 216 g/mol. The number of aromatic nitrogens is 3. The van der Waals surface area contributed by atoms with Crippen molar-refractivity contribution in [3.8, 4) is 0 Å². The number of hydrogen-bond acceptors (Lipinski definition) is 4. The van der Waals surface area contributed by atoms with Gasteiger partial charge in [-0.1, -0.05) is 6.08 Å². The highest BCUT2D eigenvalue weighted by Gasteiger charge is 2.12. The van der Waals surface area contributed by atoms with Crippen LogP contribution in [0.2, 0.25) is 0 Å². The van der Waals surface area contributed by atoms with Crippen LogP contribution in [-0.4, -0.2) is 39.3 Å². The number of nitrogens with zero attached hydrogens (tertiary/aromatic N) is 4. The van der Waals surface area contributed by atoms with Gasteiger partial charge in [-0.2, -0.15) is 0 Å². The van der Waals surface area contributed by atoms with E-state index < -0.39 is 0 Å². The zero-order valence-electron chi connectivity index (χ0n) is 9.87. The summed E-state index contributed by atoms with van der Waals surface area (Å²) in [7, 11) is 1.95. The molecule has 5 nitrogen and oxygen atoms in total. The van der Waals surface area contributed by atoms with Crippen LogP contribution >= 0.6 is 0 Å². The largest absolute Gasteiger partial charge is 0.395 e. The Kier molecular flexibility index (Phi) is 3.39. The first-order chi connectivity index (χ1) is 8.27. The Bertz CT molecular complexity index is 520. The van der Waals surface area contributed by atoms with E-state index in [9.17, 15) is 0 Å². The monoisotopic (exact) mass is 232 g/mol. The van der Waals surface area contributed by atoms with Gasteiger partial charge in [0.25, 0.3) is 0 Å². The molecule has 0 radical (unpaired) electrons. The van der Waals surface area contributed by atoms with Gasteiger partial charge in [0.1, 0.15) is 5.52 Å². The van der Waals surface area contributed by atoms with Gasteiger partial charge in [0, 0.05) is 26.3 Å². The van der Waals surface area contributed by atoms with Crippen LogP contribution in [0.1, 0.15) is 0 Å². The average molecular weight is 232 g/mol. The van der Waals surface area contributed by atoms with Crippen LogP contribution < -0.4 is 4.90 Å². The van der Waals surface area contributed by atoms with Gasteiger partial charge in [0.05, 0.1) is 18.5 Å². The third kappa shape index (κ3) is 2.14. The molecule has 2 heterocycles. The van der Waals surface area contributed by atoms with Crippen LogP contribution in [0.3, 0.4) is 0 Å². The van der Waals surface area contributed by atoms with Crippen LogP contribution in [0.25, 0.3) is 11.0 Å². The maximum Gasteiger partial charge on any atom is 0.157 e. The fourth-order valence-corrected chi connectivity index (χ4v) is 1.84. The molecule has 5 heteroatoms. The van der Waals surface area contributed by atoms with Crippen LogP contribution in [-0.2, 0) is 7.05 Å². The molecule has 0 aliphatic carbocycles. The minimum atomic E-state index is 0.0821. The minimum Gasteiger partial charge on any atom is -0.395 e. The quantitative estimate of drug-likeness (QED) is 0.780. The summed E-state index contributed by atoms with van der Waals surface area (Å²) < 4.78 is 1.95. The summed E-state index contributed by atoms with van der Waals surface area (Å²) in [5, 5.41) is 9.07. The zero-order chi connectivity index (χ0) is 12.3.